The van der Waals surface area contributed by atoms with Gasteiger partial charge in [0.25, 0.3) is 5.56 Å². The molecule has 0 amide bonds. The first kappa shape index (κ1) is 14.5. The Morgan fingerprint density at radius 3 is 2.75 bits per heavy atom. The first-order valence-corrected chi connectivity index (χ1v) is 6.82. The van der Waals surface area contributed by atoms with Crippen LogP contribution in [0.2, 0.25) is 0 Å². The Balaban J connectivity index is 2.71. The Kier molecular flexibility index (Phi) is 4.34. The molecule has 0 aliphatic carbocycles. The number of aromatic nitrogens is 3. The zero-order chi connectivity index (χ0) is 14.7. The summed E-state index contributed by atoms with van der Waals surface area (Å²) in [5.74, 6) is 0.526. The van der Waals surface area contributed by atoms with Crippen LogP contribution in [0.5, 0.6) is 0 Å². The van der Waals surface area contributed by atoms with E-state index in [0.29, 0.717) is 30.1 Å². The Morgan fingerprint density at radius 1 is 1.35 bits per heavy atom. The second-order valence-electron chi connectivity index (χ2n) is 4.76. The summed E-state index contributed by atoms with van der Waals surface area (Å²) >= 11 is 0. The number of aliphatic hydroxyl groups is 1. The molecule has 2 heterocycles. The quantitative estimate of drug-likeness (QED) is 0.858. The standard InChI is InChI=1S/C14H20N4O2/c1-4-15-14-16-10(3)11-8-9(2)13(20)18(6-5-7-19)12(11)17-14/h8,19H,4-7H2,1-3H3,(H,15,16,17). The monoisotopic (exact) mass is 276 g/mol. The molecular formula is C14H20N4O2. The summed E-state index contributed by atoms with van der Waals surface area (Å²) < 4.78 is 1.62. The third-order valence-electron chi connectivity index (χ3n) is 3.19. The molecule has 2 N–H and O–H groups in total. The van der Waals surface area contributed by atoms with Crippen molar-refractivity contribution >= 4 is 17.0 Å². The van der Waals surface area contributed by atoms with Crippen molar-refractivity contribution in [3.05, 3.63) is 27.7 Å². The van der Waals surface area contributed by atoms with Crippen molar-refractivity contribution in [1.82, 2.24) is 14.5 Å². The van der Waals surface area contributed by atoms with E-state index < -0.39 is 0 Å². The molecule has 0 bridgehead atoms. The minimum Gasteiger partial charge on any atom is -0.396 e. The van der Waals surface area contributed by atoms with Gasteiger partial charge in [0, 0.05) is 30.6 Å². The molecular weight excluding hydrogens is 256 g/mol. The van der Waals surface area contributed by atoms with Crippen molar-refractivity contribution in [2.75, 3.05) is 18.5 Å². The molecule has 6 nitrogen and oxygen atoms in total. The van der Waals surface area contributed by atoms with E-state index >= 15 is 0 Å². The lowest BCUT2D eigenvalue weighted by molar-refractivity contribution is 0.279. The Labute approximate surface area is 117 Å². The highest BCUT2D eigenvalue weighted by Gasteiger charge is 2.12. The number of nitrogens with one attached hydrogen (secondary N) is 1. The van der Waals surface area contributed by atoms with Crippen molar-refractivity contribution in [2.45, 2.75) is 33.7 Å². The van der Waals surface area contributed by atoms with Crippen molar-refractivity contribution in [2.24, 2.45) is 0 Å². The van der Waals surface area contributed by atoms with Gasteiger partial charge in [0.2, 0.25) is 5.95 Å². The molecule has 2 rings (SSSR count). The van der Waals surface area contributed by atoms with Gasteiger partial charge < -0.3 is 10.4 Å². The number of pyridine rings is 1. The molecule has 0 aliphatic rings. The van der Waals surface area contributed by atoms with Crippen molar-refractivity contribution in [1.29, 1.82) is 0 Å². The topological polar surface area (TPSA) is 80.0 Å². The van der Waals surface area contributed by atoms with E-state index in [1.807, 2.05) is 19.9 Å². The lowest BCUT2D eigenvalue weighted by Gasteiger charge is -2.13. The summed E-state index contributed by atoms with van der Waals surface area (Å²) in [6.45, 7) is 6.89. The van der Waals surface area contributed by atoms with Gasteiger partial charge in [-0.15, -0.1) is 0 Å². The molecule has 108 valence electrons. The number of hydrogen-bond acceptors (Lipinski definition) is 5. The molecule has 0 saturated heterocycles. The zero-order valence-electron chi connectivity index (χ0n) is 12.1. The minimum absolute atomic E-state index is 0.0476. The summed E-state index contributed by atoms with van der Waals surface area (Å²) in [4.78, 5) is 21.1. The maximum Gasteiger partial charge on any atom is 0.255 e. The van der Waals surface area contributed by atoms with Crippen LogP contribution < -0.4 is 10.9 Å². The summed E-state index contributed by atoms with van der Waals surface area (Å²) in [5, 5.41) is 12.9. The van der Waals surface area contributed by atoms with Crippen LogP contribution in [0, 0.1) is 13.8 Å². The van der Waals surface area contributed by atoms with Crippen LogP contribution in [0.25, 0.3) is 11.0 Å². The molecule has 0 unspecified atom stereocenters. The van der Waals surface area contributed by atoms with E-state index in [1.54, 1.807) is 11.5 Å². The molecule has 0 spiro atoms. The Hall–Kier alpha value is -1.95. The zero-order valence-corrected chi connectivity index (χ0v) is 12.1. The first-order chi connectivity index (χ1) is 9.58. The second kappa shape index (κ2) is 6.00. The molecule has 0 aliphatic heterocycles. The van der Waals surface area contributed by atoms with Gasteiger partial charge in [-0.3, -0.25) is 9.36 Å². The molecule has 2 aromatic rings. The maximum atomic E-state index is 12.3. The van der Waals surface area contributed by atoms with Crippen LogP contribution in [-0.4, -0.2) is 32.8 Å². The van der Waals surface area contributed by atoms with Crippen LogP contribution in [0.1, 0.15) is 24.6 Å². The van der Waals surface area contributed by atoms with E-state index in [4.69, 9.17) is 5.11 Å². The van der Waals surface area contributed by atoms with Crippen LogP contribution in [0.4, 0.5) is 5.95 Å². The normalized spacial score (nSPS) is 11.0. The lowest BCUT2D eigenvalue weighted by Crippen LogP contribution is -2.24. The fourth-order valence-corrected chi connectivity index (χ4v) is 2.20. The number of aryl methyl sites for hydroxylation is 3. The third kappa shape index (κ3) is 2.65. The fourth-order valence-electron chi connectivity index (χ4n) is 2.20. The van der Waals surface area contributed by atoms with Gasteiger partial charge in [-0.05, 0) is 33.3 Å². The number of rotatable bonds is 5. The van der Waals surface area contributed by atoms with Gasteiger partial charge in [0.15, 0.2) is 0 Å². The smallest absolute Gasteiger partial charge is 0.255 e. The average Bonchev–Trinajstić information content (AvgIpc) is 2.41. The number of fused-ring (bicyclic) bond motifs is 1. The summed E-state index contributed by atoms with van der Waals surface area (Å²) in [5.41, 5.74) is 2.06. The third-order valence-corrected chi connectivity index (χ3v) is 3.19. The number of anilines is 1. The molecule has 20 heavy (non-hydrogen) atoms. The van der Waals surface area contributed by atoms with Gasteiger partial charge in [-0.1, -0.05) is 0 Å². The minimum atomic E-state index is -0.0634. The molecule has 0 aromatic carbocycles. The van der Waals surface area contributed by atoms with E-state index in [2.05, 4.69) is 15.3 Å². The Bertz CT molecular complexity index is 679. The van der Waals surface area contributed by atoms with E-state index in [1.165, 1.54) is 0 Å². The Morgan fingerprint density at radius 2 is 2.10 bits per heavy atom. The van der Waals surface area contributed by atoms with Crippen LogP contribution >= 0.6 is 0 Å². The van der Waals surface area contributed by atoms with Crippen LogP contribution in [0.3, 0.4) is 0 Å². The van der Waals surface area contributed by atoms with E-state index in [9.17, 15) is 4.79 Å². The van der Waals surface area contributed by atoms with Gasteiger partial charge in [-0.2, -0.15) is 4.98 Å². The van der Waals surface area contributed by atoms with Crippen LogP contribution in [0.15, 0.2) is 10.9 Å². The fraction of sp³-hybridized carbons (Fsp3) is 0.500. The number of nitrogens with zero attached hydrogens (tertiary/aromatic N) is 3. The first-order valence-electron chi connectivity index (χ1n) is 6.82. The summed E-state index contributed by atoms with van der Waals surface area (Å²) in [7, 11) is 0. The molecule has 0 saturated carbocycles. The molecule has 6 heteroatoms. The van der Waals surface area contributed by atoms with Crippen molar-refractivity contribution in [3.63, 3.8) is 0 Å². The summed E-state index contributed by atoms with van der Waals surface area (Å²) in [6.07, 6.45) is 0.526. The van der Waals surface area contributed by atoms with E-state index in [0.717, 1.165) is 17.6 Å². The highest BCUT2D eigenvalue weighted by Crippen LogP contribution is 2.17. The maximum absolute atomic E-state index is 12.3. The largest absolute Gasteiger partial charge is 0.396 e. The van der Waals surface area contributed by atoms with Gasteiger partial charge >= 0.3 is 0 Å². The lowest BCUT2D eigenvalue weighted by atomic mass is 10.2. The van der Waals surface area contributed by atoms with Gasteiger partial charge in [-0.25, -0.2) is 4.98 Å². The second-order valence-corrected chi connectivity index (χ2v) is 4.76. The molecule has 0 fully saturated rings. The van der Waals surface area contributed by atoms with Crippen molar-refractivity contribution < 1.29 is 5.11 Å². The molecule has 2 aromatic heterocycles. The highest BCUT2D eigenvalue weighted by molar-refractivity contribution is 5.79. The molecule has 0 radical (unpaired) electrons. The summed E-state index contributed by atoms with van der Waals surface area (Å²) in [6, 6.07) is 1.83. The number of aliphatic hydroxyl groups excluding tert-OH is 1. The SMILES string of the molecule is CCNc1nc(C)c2cc(C)c(=O)n(CCCO)c2n1. The van der Waals surface area contributed by atoms with Crippen molar-refractivity contribution in [3.8, 4) is 0 Å². The molecule has 0 atom stereocenters. The van der Waals surface area contributed by atoms with E-state index in [-0.39, 0.29) is 12.2 Å². The van der Waals surface area contributed by atoms with Gasteiger partial charge in [0.05, 0.1) is 5.69 Å². The predicted octanol–water partition coefficient (Wildman–Crippen LogP) is 1.22. The highest BCUT2D eigenvalue weighted by atomic mass is 16.3. The van der Waals surface area contributed by atoms with Crippen LogP contribution in [-0.2, 0) is 6.54 Å². The van der Waals surface area contributed by atoms with Gasteiger partial charge in [0.1, 0.15) is 5.65 Å². The average molecular weight is 276 g/mol. The predicted molar refractivity (Wildman–Crippen MR) is 79.1 cm³/mol. The number of hydrogen-bond donors (Lipinski definition) is 2.